The normalized spacial score (nSPS) is 12.5. The lowest BCUT2D eigenvalue weighted by atomic mass is 10.3. The second-order valence-corrected chi connectivity index (χ2v) is 3.80. The summed E-state index contributed by atoms with van der Waals surface area (Å²) in [6.07, 6.45) is 1.49. The van der Waals surface area contributed by atoms with Crippen LogP contribution in [-0.2, 0) is 0 Å². The van der Waals surface area contributed by atoms with Crippen LogP contribution in [0.15, 0.2) is 28.8 Å². The minimum atomic E-state index is -0.401. The van der Waals surface area contributed by atoms with Crippen molar-refractivity contribution in [1.82, 2.24) is 4.98 Å². The highest BCUT2D eigenvalue weighted by Crippen LogP contribution is 2.34. The molecule has 0 unspecified atom stereocenters. The van der Waals surface area contributed by atoms with Crippen LogP contribution < -0.4 is 14.8 Å². The zero-order valence-corrected chi connectivity index (χ0v) is 9.60. The number of ether oxygens (including phenoxy) is 2. The predicted molar refractivity (Wildman–Crippen MR) is 61.8 cm³/mol. The lowest BCUT2D eigenvalue weighted by Crippen LogP contribution is -2.12. The summed E-state index contributed by atoms with van der Waals surface area (Å²) in [7, 11) is 0. The summed E-state index contributed by atoms with van der Waals surface area (Å²) in [4.78, 5) is 15.6. The van der Waals surface area contributed by atoms with E-state index in [1.54, 1.807) is 25.1 Å². The lowest BCUT2D eigenvalue weighted by molar-refractivity contribution is 0.0989. The van der Waals surface area contributed by atoms with Crippen molar-refractivity contribution in [3.05, 3.63) is 36.0 Å². The molecule has 1 aromatic heterocycles. The highest BCUT2D eigenvalue weighted by molar-refractivity contribution is 6.01. The molecule has 0 radical (unpaired) electrons. The molecular weight excluding hydrogens is 236 g/mol. The van der Waals surface area contributed by atoms with Gasteiger partial charge in [-0.2, -0.15) is 0 Å². The molecule has 0 fully saturated rings. The number of nitrogens with zero attached hydrogens (tertiary/aromatic N) is 1. The van der Waals surface area contributed by atoms with Crippen molar-refractivity contribution in [2.75, 3.05) is 12.1 Å². The van der Waals surface area contributed by atoms with Crippen molar-refractivity contribution in [1.29, 1.82) is 0 Å². The van der Waals surface area contributed by atoms with Crippen LogP contribution in [0.5, 0.6) is 11.5 Å². The quantitative estimate of drug-likeness (QED) is 0.876. The summed E-state index contributed by atoms with van der Waals surface area (Å²) in [5, 5.41) is 2.67. The van der Waals surface area contributed by atoms with Crippen LogP contribution >= 0.6 is 0 Å². The van der Waals surface area contributed by atoms with E-state index in [1.807, 2.05) is 0 Å². The largest absolute Gasteiger partial charge is 0.454 e. The van der Waals surface area contributed by atoms with E-state index < -0.39 is 5.91 Å². The summed E-state index contributed by atoms with van der Waals surface area (Å²) in [6, 6.07) is 5.15. The van der Waals surface area contributed by atoms with Gasteiger partial charge in [-0.05, 0) is 19.1 Å². The summed E-state index contributed by atoms with van der Waals surface area (Å²) >= 11 is 0. The monoisotopic (exact) mass is 246 g/mol. The fourth-order valence-corrected chi connectivity index (χ4v) is 1.62. The summed E-state index contributed by atoms with van der Waals surface area (Å²) < 4.78 is 15.5. The van der Waals surface area contributed by atoms with Gasteiger partial charge >= 0.3 is 5.91 Å². The molecule has 18 heavy (non-hydrogen) atoms. The fraction of sp³-hybridized carbons (Fsp3) is 0.167. The zero-order chi connectivity index (χ0) is 12.5. The van der Waals surface area contributed by atoms with Gasteiger partial charge in [0, 0.05) is 11.8 Å². The molecule has 1 amide bonds. The van der Waals surface area contributed by atoms with Crippen molar-refractivity contribution in [3.8, 4) is 11.5 Å². The number of hydrogen-bond donors (Lipinski definition) is 1. The Morgan fingerprint density at radius 3 is 2.94 bits per heavy atom. The van der Waals surface area contributed by atoms with Crippen LogP contribution in [-0.4, -0.2) is 17.7 Å². The molecule has 2 aromatic rings. The number of anilines is 1. The third-order valence-corrected chi connectivity index (χ3v) is 2.45. The summed E-state index contributed by atoms with van der Waals surface area (Å²) in [6.45, 7) is 1.93. The van der Waals surface area contributed by atoms with Crippen molar-refractivity contribution >= 4 is 11.6 Å². The molecule has 1 aromatic carbocycles. The third kappa shape index (κ3) is 1.88. The minimum Gasteiger partial charge on any atom is -0.454 e. The molecule has 3 rings (SSSR count). The lowest BCUT2D eigenvalue weighted by Gasteiger charge is -2.03. The molecule has 0 atom stereocenters. The highest BCUT2D eigenvalue weighted by atomic mass is 16.7. The van der Waals surface area contributed by atoms with E-state index in [1.165, 1.54) is 6.20 Å². The molecule has 0 saturated carbocycles. The summed E-state index contributed by atoms with van der Waals surface area (Å²) in [5.41, 5.74) is 0.597. The van der Waals surface area contributed by atoms with Gasteiger partial charge in [0.25, 0.3) is 5.89 Å². The van der Waals surface area contributed by atoms with E-state index in [-0.39, 0.29) is 12.7 Å². The number of carbonyl (C=O) groups excluding carboxylic acids is 1. The Labute approximate surface area is 103 Å². The molecule has 92 valence electrons. The second kappa shape index (κ2) is 4.06. The number of benzene rings is 1. The van der Waals surface area contributed by atoms with Gasteiger partial charge in [0.15, 0.2) is 11.5 Å². The maximum atomic E-state index is 11.8. The number of rotatable bonds is 2. The van der Waals surface area contributed by atoms with E-state index in [9.17, 15) is 4.79 Å². The van der Waals surface area contributed by atoms with Crippen LogP contribution in [0.25, 0.3) is 0 Å². The smallest absolute Gasteiger partial charge is 0.311 e. The number of carbonyl (C=O) groups is 1. The minimum absolute atomic E-state index is 0.0326. The summed E-state index contributed by atoms with van der Waals surface area (Å²) in [5.74, 6) is 1.49. The van der Waals surface area contributed by atoms with Gasteiger partial charge in [0.2, 0.25) is 6.79 Å². The van der Waals surface area contributed by atoms with Gasteiger partial charge in [-0.1, -0.05) is 0 Å². The number of aromatic nitrogens is 1. The SMILES string of the molecule is Cc1cnc(C(=O)Nc2ccc3c(c2)OCO3)o1. The predicted octanol–water partition coefficient (Wildman–Crippen LogP) is 1.96. The molecule has 6 nitrogen and oxygen atoms in total. The van der Waals surface area contributed by atoms with E-state index in [2.05, 4.69) is 10.3 Å². The average molecular weight is 246 g/mol. The first-order chi connectivity index (χ1) is 8.72. The first-order valence-corrected chi connectivity index (χ1v) is 5.36. The van der Waals surface area contributed by atoms with Gasteiger partial charge in [0.05, 0.1) is 6.20 Å². The number of fused-ring (bicyclic) bond motifs is 1. The van der Waals surface area contributed by atoms with Crippen LogP contribution in [0.2, 0.25) is 0 Å². The van der Waals surface area contributed by atoms with Gasteiger partial charge < -0.3 is 19.2 Å². The van der Waals surface area contributed by atoms with Gasteiger partial charge in [0.1, 0.15) is 5.76 Å². The van der Waals surface area contributed by atoms with Gasteiger partial charge in [-0.15, -0.1) is 0 Å². The molecule has 1 N–H and O–H groups in total. The van der Waals surface area contributed by atoms with Crippen LogP contribution in [0.3, 0.4) is 0 Å². The van der Waals surface area contributed by atoms with E-state index in [0.717, 1.165) is 0 Å². The second-order valence-electron chi connectivity index (χ2n) is 3.80. The molecule has 0 bridgehead atoms. The Morgan fingerprint density at radius 1 is 1.33 bits per heavy atom. The van der Waals surface area contributed by atoms with E-state index in [4.69, 9.17) is 13.9 Å². The molecule has 1 aliphatic heterocycles. The topological polar surface area (TPSA) is 73.6 Å². The van der Waals surface area contributed by atoms with Crippen LogP contribution in [0, 0.1) is 6.92 Å². The molecule has 0 saturated heterocycles. The van der Waals surface area contributed by atoms with Crippen LogP contribution in [0.1, 0.15) is 16.4 Å². The maximum Gasteiger partial charge on any atom is 0.311 e. The molecule has 0 spiro atoms. The number of oxazole rings is 1. The Balaban J connectivity index is 1.78. The molecular formula is C12H10N2O4. The average Bonchev–Trinajstić information content (AvgIpc) is 2.96. The van der Waals surface area contributed by atoms with Crippen molar-refractivity contribution < 1.29 is 18.7 Å². The fourth-order valence-electron chi connectivity index (χ4n) is 1.62. The zero-order valence-electron chi connectivity index (χ0n) is 9.60. The number of aryl methyl sites for hydroxylation is 1. The molecule has 0 aliphatic carbocycles. The Bertz CT molecular complexity index is 606. The molecule has 1 aliphatic rings. The van der Waals surface area contributed by atoms with Crippen LogP contribution in [0.4, 0.5) is 5.69 Å². The first-order valence-electron chi connectivity index (χ1n) is 5.36. The number of hydrogen-bond acceptors (Lipinski definition) is 5. The Kier molecular flexibility index (Phi) is 2.40. The van der Waals surface area contributed by atoms with Crippen molar-refractivity contribution in [2.45, 2.75) is 6.92 Å². The standard InChI is InChI=1S/C12H10N2O4/c1-7-5-13-12(18-7)11(15)14-8-2-3-9-10(4-8)17-6-16-9/h2-5H,6H2,1H3,(H,14,15). The Morgan fingerprint density at radius 2 is 2.17 bits per heavy atom. The number of nitrogens with one attached hydrogen (secondary N) is 1. The molecule has 2 heterocycles. The van der Waals surface area contributed by atoms with Crippen molar-refractivity contribution in [2.24, 2.45) is 0 Å². The van der Waals surface area contributed by atoms with E-state index in [0.29, 0.717) is 22.9 Å². The highest BCUT2D eigenvalue weighted by Gasteiger charge is 2.16. The van der Waals surface area contributed by atoms with Gasteiger partial charge in [-0.25, -0.2) is 4.98 Å². The molecule has 6 heteroatoms. The third-order valence-electron chi connectivity index (χ3n) is 2.45. The van der Waals surface area contributed by atoms with Crippen molar-refractivity contribution in [3.63, 3.8) is 0 Å². The maximum absolute atomic E-state index is 11.8. The van der Waals surface area contributed by atoms with Gasteiger partial charge in [-0.3, -0.25) is 4.79 Å². The van der Waals surface area contributed by atoms with E-state index >= 15 is 0 Å². The first kappa shape index (κ1) is 10.6. The Hall–Kier alpha value is -2.50. The number of amides is 1.